The van der Waals surface area contributed by atoms with Crippen LogP contribution in [0.2, 0.25) is 0 Å². The number of hydrogen-bond acceptors (Lipinski definition) is 4. The average molecular weight is 536 g/mol. The van der Waals surface area contributed by atoms with Gasteiger partial charge in [-0.2, -0.15) is 0 Å². The summed E-state index contributed by atoms with van der Waals surface area (Å²) >= 11 is 0. The lowest BCUT2D eigenvalue weighted by molar-refractivity contribution is -0.140. The van der Waals surface area contributed by atoms with Crippen molar-refractivity contribution in [2.24, 2.45) is 0 Å². The van der Waals surface area contributed by atoms with Gasteiger partial charge in [0.1, 0.15) is 12.6 Å². The highest BCUT2D eigenvalue weighted by atomic mass is 32.2. The first-order valence-electron chi connectivity index (χ1n) is 12.8. The Morgan fingerprint density at radius 1 is 0.868 bits per heavy atom. The van der Waals surface area contributed by atoms with E-state index in [1.165, 1.54) is 4.90 Å². The van der Waals surface area contributed by atoms with Crippen molar-refractivity contribution in [3.63, 3.8) is 0 Å². The molecule has 0 spiro atoms. The van der Waals surface area contributed by atoms with E-state index >= 15 is 0 Å². The average Bonchev–Trinajstić information content (AvgIpc) is 2.88. The van der Waals surface area contributed by atoms with Crippen LogP contribution >= 0.6 is 0 Å². The molecule has 7 nitrogen and oxygen atoms in total. The second-order valence-electron chi connectivity index (χ2n) is 9.61. The highest BCUT2D eigenvalue weighted by molar-refractivity contribution is 7.92. The second-order valence-corrected chi connectivity index (χ2v) is 11.5. The van der Waals surface area contributed by atoms with Crippen molar-refractivity contribution in [2.45, 2.75) is 46.2 Å². The summed E-state index contributed by atoms with van der Waals surface area (Å²) in [6, 6.07) is 23.5. The molecule has 8 heteroatoms. The molecule has 3 rings (SSSR count). The molecule has 0 unspecified atom stereocenters. The van der Waals surface area contributed by atoms with Crippen molar-refractivity contribution in [1.82, 2.24) is 10.2 Å². The maximum Gasteiger partial charge on any atom is 0.244 e. The van der Waals surface area contributed by atoms with Gasteiger partial charge < -0.3 is 10.2 Å². The summed E-state index contributed by atoms with van der Waals surface area (Å²) in [4.78, 5) is 28.9. The fourth-order valence-electron chi connectivity index (χ4n) is 4.21. The largest absolute Gasteiger partial charge is 0.354 e. The second kappa shape index (κ2) is 13.2. The Balaban J connectivity index is 2.03. The minimum Gasteiger partial charge on any atom is -0.354 e. The molecule has 0 radical (unpaired) electrons. The quantitative estimate of drug-likeness (QED) is 0.376. The normalized spacial score (nSPS) is 12.0. The zero-order chi connectivity index (χ0) is 27.7. The van der Waals surface area contributed by atoms with Crippen LogP contribution in [0.4, 0.5) is 5.69 Å². The molecule has 0 fully saturated rings. The summed E-state index contributed by atoms with van der Waals surface area (Å²) in [6.45, 7) is 6.05. The SMILES string of the molecule is CCCNC(=O)[C@H](Cc1ccccc1)N(Cc1ccc(C)cc1)C(=O)CN(c1cccc(C)c1)S(C)(=O)=O. The molecular formula is C30H37N3O4S. The van der Waals surface area contributed by atoms with Gasteiger partial charge in [0.2, 0.25) is 21.8 Å². The van der Waals surface area contributed by atoms with Crippen LogP contribution in [0, 0.1) is 13.8 Å². The van der Waals surface area contributed by atoms with E-state index < -0.39 is 28.5 Å². The molecule has 0 aliphatic carbocycles. The van der Waals surface area contributed by atoms with E-state index in [4.69, 9.17) is 0 Å². The van der Waals surface area contributed by atoms with Gasteiger partial charge in [-0.05, 0) is 49.1 Å². The first kappa shape index (κ1) is 28.9. The molecule has 202 valence electrons. The number of benzene rings is 3. The Bertz CT molecular complexity index is 1330. The predicted octanol–water partition coefficient (Wildman–Crippen LogP) is 4.24. The van der Waals surface area contributed by atoms with Crippen LogP contribution < -0.4 is 9.62 Å². The van der Waals surface area contributed by atoms with E-state index in [-0.39, 0.29) is 12.5 Å². The maximum absolute atomic E-state index is 14.0. The molecule has 0 heterocycles. The molecule has 38 heavy (non-hydrogen) atoms. The van der Waals surface area contributed by atoms with Gasteiger partial charge in [0, 0.05) is 19.5 Å². The van der Waals surface area contributed by atoms with Gasteiger partial charge >= 0.3 is 0 Å². The number of hydrogen-bond donors (Lipinski definition) is 1. The van der Waals surface area contributed by atoms with Gasteiger partial charge in [-0.1, -0.05) is 79.2 Å². The molecule has 1 N–H and O–H groups in total. The van der Waals surface area contributed by atoms with Gasteiger partial charge in [-0.25, -0.2) is 8.42 Å². The fourth-order valence-corrected chi connectivity index (χ4v) is 5.05. The Kier molecular flexibility index (Phi) is 10.1. The third-order valence-electron chi connectivity index (χ3n) is 6.26. The molecule has 1 atom stereocenters. The van der Waals surface area contributed by atoms with E-state index in [0.717, 1.165) is 39.2 Å². The lowest BCUT2D eigenvalue weighted by atomic mass is 10.0. The first-order valence-corrected chi connectivity index (χ1v) is 14.6. The van der Waals surface area contributed by atoms with E-state index in [0.29, 0.717) is 18.7 Å². The summed E-state index contributed by atoms with van der Waals surface area (Å²) in [5, 5.41) is 2.94. The summed E-state index contributed by atoms with van der Waals surface area (Å²) in [6.07, 6.45) is 2.14. The number of sulfonamides is 1. The first-order chi connectivity index (χ1) is 18.1. The van der Waals surface area contributed by atoms with Crippen LogP contribution in [0.25, 0.3) is 0 Å². The van der Waals surface area contributed by atoms with Crippen molar-refractivity contribution >= 4 is 27.5 Å². The summed E-state index contributed by atoms with van der Waals surface area (Å²) in [5.41, 5.74) is 4.12. The Morgan fingerprint density at radius 2 is 1.55 bits per heavy atom. The molecule has 0 aromatic heterocycles. The number of rotatable bonds is 12. The molecular weight excluding hydrogens is 498 g/mol. The zero-order valence-electron chi connectivity index (χ0n) is 22.6. The molecule has 0 saturated heterocycles. The van der Waals surface area contributed by atoms with E-state index in [1.807, 2.05) is 81.4 Å². The van der Waals surface area contributed by atoms with Crippen LogP contribution in [0.5, 0.6) is 0 Å². The van der Waals surface area contributed by atoms with Crippen LogP contribution in [0.15, 0.2) is 78.9 Å². The molecule has 0 bridgehead atoms. The van der Waals surface area contributed by atoms with Crippen LogP contribution in [0.1, 0.15) is 35.6 Å². The predicted molar refractivity (Wildman–Crippen MR) is 152 cm³/mol. The maximum atomic E-state index is 14.0. The van der Waals surface area contributed by atoms with Crippen molar-refractivity contribution in [3.05, 3.63) is 101 Å². The minimum absolute atomic E-state index is 0.168. The van der Waals surface area contributed by atoms with Crippen molar-refractivity contribution in [1.29, 1.82) is 0 Å². The number of amides is 2. The lowest BCUT2D eigenvalue weighted by Gasteiger charge is -2.33. The van der Waals surface area contributed by atoms with Crippen molar-refractivity contribution in [2.75, 3.05) is 23.7 Å². The van der Waals surface area contributed by atoms with Gasteiger partial charge in [0.15, 0.2) is 0 Å². The number of aryl methyl sites for hydroxylation is 2. The highest BCUT2D eigenvalue weighted by Gasteiger charge is 2.32. The lowest BCUT2D eigenvalue weighted by Crippen LogP contribution is -2.53. The minimum atomic E-state index is -3.78. The van der Waals surface area contributed by atoms with Crippen molar-refractivity contribution < 1.29 is 18.0 Å². The van der Waals surface area contributed by atoms with E-state index in [2.05, 4.69) is 5.32 Å². The topological polar surface area (TPSA) is 86.8 Å². The van der Waals surface area contributed by atoms with E-state index in [1.54, 1.807) is 18.2 Å². The van der Waals surface area contributed by atoms with Crippen LogP contribution in [0.3, 0.4) is 0 Å². The fraction of sp³-hybridized carbons (Fsp3) is 0.333. The monoisotopic (exact) mass is 535 g/mol. The zero-order valence-corrected chi connectivity index (χ0v) is 23.4. The molecule has 0 aliphatic rings. The molecule has 3 aromatic rings. The van der Waals surface area contributed by atoms with Gasteiger partial charge in [-0.3, -0.25) is 13.9 Å². The van der Waals surface area contributed by atoms with Gasteiger partial charge in [0.25, 0.3) is 0 Å². The van der Waals surface area contributed by atoms with E-state index in [9.17, 15) is 18.0 Å². The summed E-state index contributed by atoms with van der Waals surface area (Å²) in [7, 11) is -3.78. The summed E-state index contributed by atoms with van der Waals surface area (Å²) in [5.74, 6) is -0.720. The molecule has 3 aromatic carbocycles. The standard InChI is InChI=1S/C30H37N3O4S/c1-5-18-31-30(35)28(20-25-11-7-6-8-12-25)32(21-26-16-14-23(2)15-17-26)29(34)22-33(38(4,36)37)27-13-9-10-24(3)19-27/h6-17,19,28H,5,18,20-22H2,1-4H3,(H,31,35)/t28-/m0/s1. The van der Waals surface area contributed by atoms with Gasteiger partial charge in [-0.15, -0.1) is 0 Å². The summed E-state index contributed by atoms with van der Waals surface area (Å²) < 4.78 is 26.7. The third-order valence-corrected chi connectivity index (χ3v) is 7.40. The highest BCUT2D eigenvalue weighted by Crippen LogP contribution is 2.21. The smallest absolute Gasteiger partial charge is 0.244 e. The molecule has 0 aliphatic heterocycles. The number of nitrogens with one attached hydrogen (secondary N) is 1. The van der Waals surface area contributed by atoms with Crippen molar-refractivity contribution in [3.8, 4) is 0 Å². The Morgan fingerprint density at radius 3 is 2.16 bits per heavy atom. The molecule has 0 saturated carbocycles. The number of nitrogens with zero attached hydrogens (tertiary/aromatic N) is 2. The van der Waals surface area contributed by atoms with Gasteiger partial charge in [0.05, 0.1) is 11.9 Å². The third kappa shape index (κ3) is 8.18. The molecule has 2 amide bonds. The van der Waals surface area contributed by atoms with Crippen LogP contribution in [-0.4, -0.2) is 50.5 Å². The number of carbonyl (C=O) groups excluding carboxylic acids is 2. The Hall–Kier alpha value is -3.65. The number of anilines is 1. The number of carbonyl (C=O) groups is 2. The van der Waals surface area contributed by atoms with Crippen LogP contribution in [-0.2, 0) is 32.6 Å². The Labute approximate surface area is 226 Å².